The molecule has 1 N–H and O–H groups in total. The van der Waals surface area contributed by atoms with E-state index in [1.165, 1.54) is 11.8 Å². The molecule has 2 aromatic heterocycles. The molecule has 4 rings (SSSR count). The number of ether oxygens (including phenoxy) is 1. The molecule has 0 aliphatic rings. The molecule has 0 saturated heterocycles. The monoisotopic (exact) mass is 425 g/mol. The Morgan fingerprint density at radius 1 is 1.07 bits per heavy atom. The number of rotatable bonds is 6. The molecule has 0 bridgehead atoms. The van der Waals surface area contributed by atoms with Crippen molar-refractivity contribution in [2.24, 2.45) is 0 Å². The molecule has 0 saturated carbocycles. The number of anilines is 1. The van der Waals surface area contributed by atoms with Crippen LogP contribution >= 0.6 is 23.4 Å². The summed E-state index contributed by atoms with van der Waals surface area (Å²) < 4.78 is 6.77. The molecule has 29 heavy (non-hydrogen) atoms. The SMILES string of the molecule is COc1ccc(NC(=O)CSc2ccc3nnc(-c4ccc(Cl)cc4)n3n2)cc1. The van der Waals surface area contributed by atoms with Crippen LogP contribution in [0.1, 0.15) is 0 Å². The van der Waals surface area contributed by atoms with Crippen molar-refractivity contribution in [3.63, 3.8) is 0 Å². The lowest BCUT2D eigenvalue weighted by Gasteiger charge is -2.06. The Kier molecular flexibility index (Phi) is 5.64. The number of halogens is 1. The zero-order valence-corrected chi connectivity index (χ0v) is 16.9. The van der Waals surface area contributed by atoms with Gasteiger partial charge in [-0.15, -0.1) is 10.2 Å². The van der Waals surface area contributed by atoms with E-state index in [1.54, 1.807) is 48.0 Å². The van der Waals surface area contributed by atoms with Crippen LogP contribution in [-0.4, -0.2) is 38.6 Å². The molecule has 0 radical (unpaired) electrons. The molecule has 9 heteroatoms. The number of nitrogens with one attached hydrogen (secondary N) is 1. The van der Waals surface area contributed by atoms with Gasteiger partial charge in [-0.25, -0.2) is 0 Å². The van der Waals surface area contributed by atoms with Crippen LogP contribution in [0.3, 0.4) is 0 Å². The summed E-state index contributed by atoms with van der Waals surface area (Å²) in [5.74, 6) is 1.45. The van der Waals surface area contributed by atoms with Crippen molar-refractivity contribution in [2.45, 2.75) is 5.03 Å². The first-order valence-electron chi connectivity index (χ1n) is 8.67. The van der Waals surface area contributed by atoms with Crippen LogP contribution in [0.2, 0.25) is 5.02 Å². The Morgan fingerprint density at radius 3 is 2.55 bits per heavy atom. The number of thioether (sulfide) groups is 1. The van der Waals surface area contributed by atoms with Gasteiger partial charge in [0, 0.05) is 16.3 Å². The number of fused-ring (bicyclic) bond motifs is 1. The number of carbonyl (C=O) groups excluding carboxylic acids is 1. The van der Waals surface area contributed by atoms with Crippen molar-refractivity contribution in [3.05, 3.63) is 65.7 Å². The van der Waals surface area contributed by atoms with Crippen molar-refractivity contribution in [3.8, 4) is 17.1 Å². The van der Waals surface area contributed by atoms with Gasteiger partial charge in [-0.2, -0.15) is 9.61 Å². The number of benzene rings is 2. The fraction of sp³-hybridized carbons (Fsp3) is 0.100. The van der Waals surface area contributed by atoms with Crippen LogP contribution in [0, 0.1) is 0 Å². The number of carbonyl (C=O) groups is 1. The average Bonchev–Trinajstić information content (AvgIpc) is 3.17. The summed E-state index contributed by atoms with van der Waals surface area (Å²) >= 11 is 7.29. The van der Waals surface area contributed by atoms with Gasteiger partial charge in [0.05, 0.1) is 12.9 Å². The average molecular weight is 426 g/mol. The Hall–Kier alpha value is -3.10. The standard InChI is InChI=1S/C20H16ClN5O2S/c1-28-16-8-6-15(7-9-16)22-18(27)12-29-19-11-10-17-23-24-20(26(17)25-19)13-2-4-14(21)5-3-13/h2-11H,12H2,1H3,(H,22,27). The summed E-state index contributed by atoms with van der Waals surface area (Å²) in [4.78, 5) is 12.2. The number of nitrogens with zero attached hydrogens (tertiary/aromatic N) is 4. The fourth-order valence-corrected chi connectivity index (χ4v) is 3.42. The maximum Gasteiger partial charge on any atom is 0.234 e. The van der Waals surface area contributed by atoms with Crippen molar-refractivity contribution < 1.29 is 9.53 Å². The zero-order chi connectivity index (χ0) is 20.2. The molecule has 0 fully saturated rings. The molecule has 2 aromatic carbocycles. The summed E-state index contributed by atoms with van der Waals surface area (Å²) in [5, 5.41) is 17.1. The lowest BCUT2D eigenvalue weighted by Crippen LogP contribution is -2.14. The maximum atomic E-state index is 12.2. The van der Waals surface area contributed by atoms with E-state index < -0.39 is 0 Å². The first kappa shape index (κ1) is 19.2. The maximum absolute atomic E-state index is 12.2. The highest BCUT2D eigenvalue weighted by Gasteiger charge is 2.11. The van der Waals surface area contributed by atoms with E-state index in [9.17, 15) is 4.79 Å². The summed E-state index contributed by atoms with van der Waals surface area (Å²) in [5.41, 5.74) is 2.19. The van der Waals surface area contributed by atoms with Crippen LogP contribution in [-0.2, 0) is 4.79 Å². The lowest BCUT2D eigenvalue weighted by atomic mass is 10.2. The summed E-state index contributed by atoms with van der Waals surface area (Å²) in [7, 11) is 1.60. The van der Waals surface area contributed by atoms with Crippen LogP contribution in [0.25, 0.3) is 17.0 Å². The molecule has 0 aliphatic carbocycles. The highest BCUT2D eigenvalue weighted by Crippen LogP contribution is 2.22. The van der Waals surface area contributed by atoms with Crippen LogP contribution in [0.4, 0.5) is 5.69 Å². The number of amides is 1. The third kappa shape index (κ3) is 4.49. The first-order valence-corrected chi connectivity index (χ1v) is 10.0. The van der Waals surface area contributed by atoms with Crippen LogP contribution in [0.15, 0.2) is 65.7 Å². The molecule has 0 aliphatic heterocycles. The fourth-order valence-electron chi connectivity index (χ4n) is 2.64. The van der Waals surface area contributed by atoms with Gasteiger partial charge in [-0.3, -0.25) is 4.79 Å². The van der Waals surface area contributed by atoms with Crippen molar-refractivity contribution in [2.75, 3.05) is 18.2 Å². The van der Waals surface area contributed by atoms with E-state index in [4.69, 9.17) is 16.3 Å². The van der Waals surface area contributed by atoms with Gasteiger partial charge in [0.2, 0.25) is 5.91 Å². The van der Waals surface area contributed by atoms with Gasteiger partial charge in [0.25, 0.3) is 0 Å². The predicted molar refractivity (Wildman–Crippen MR) is 114 cm³/mol. The number of aromatic nitrogens is 4. The Morgan fingerprint density at radius 2 is 1.83 bits per heavy atom. The topological polar surface area (TPSA) is 81.4 Å². The van der Waals surface area contributed by atoms with Gasteiger partial charge in [-0.1, -0.05) is 23.4 Å². The lowest BCUT2D eigenvalue weighted by molar-refractivity contribution is -0.113. The first-order chi connectivity index (χ1) is 14.1. The van der Waals surface area contributed by atoms with E-state index in [2.05, 4.69) is 20.6 Å². The molecule has 0 unspecified atom stereocenters. The van der Waals surface area contributed by atoms with Crippen LogP contribution in [0.5, 0.6) is 5.75 Å². The van der Waals surface area contributed by atoms with Crippen molar-refractivity contribution in [1.82, 2.24) is 19.8 Å². The molecular formula is C20H16ClN5O2S. The second-order valence-electron chi connectivity index (χ2n) is 6.04. The minimum atomic E-state index is -0.122. The molecule has 2 heterocycles. The summed E-state index contributed by atoms with van der Waals surface area (Å²) in [6.07, 6.45) is 0. The predicted octanol–water partition coefficient (Wildman–Crippen LogP) is 4.18. The zero-order valence-electron chi connectivity index (χ0n) is 15.4. The Labute approximate surface area is 176 Å². The molecule has 1 amide bonds. The quantitative estimate of drug-likeness (QED) is 0.466. The Bertz CT molecular complexity index is 1150. The van der Waals surface area contributed by atoms with E-state index in [0.29, 0.717) is 27.2 Å². The second kappa shape index (κ2) is 8.50. The number of hydrogen-bond donors (Lipinski definition) is 1. The van der Waals surface area contributed by atoms with E-state index in [1.807, 2.05) is 24.3 Å². The smallest absolute Gasteiger partial charge is 0.234 e. The molecule has 7 nitrogen and oxygen atoms in total. The van der Waals surface area contributed by atoms with E-state index in [0.717, 1.165) is 11.3 Å². The molecule has 0 atom stereocenters. The summed E-state index contributed by atoms with van der Waals surface area (Å²) in [6, 6.07) is 18.1. The Balaban J connectivity index is 1.45. The molecule has 146 valence electrons. The normalized spacial score (nSPS) is 10.8. The van der Waals surface area contributed by atoms with Crippen molar-refractivity contribution in [1.29, 1.82) is 0 Å². The molecule has 0 spiro atoms. The largest absolute Gasteiger partial charge is 0.497 e. The third-order valence-corrected chi connectivity index (χ3v) is 5.24. The van der Waals surface area contributed by atoms with Gasteiger partial charge >= 0.3 is 0 Å². The van der Waals surface area contributed by atoms with E-state index >= 15 is 0 Å². The van der Waals surface area contributed by atoms with E-state index in [-0.39, 0.29) is 11.7 Å². The van der Waals surface area contributed by atoms with Gasteiger partial charge in [0.15, 0.2) is 11.5 Å². The highest BCUT2D eigenvalue weighted by molar-refractivity contribution is 7.99. The second-order valence-corrected chi connectivity index (χ2v) is 7.47. The minimum Gasteiger partial charge on any atom is -0.497 e. The minimum absolute atomic E-state index is 0.122. The number of hydrogen-bond acceptors (Lipinski definition) is 6. The van der Waals surface area contributed by atoms with Gasteiger partial charge in [-0.05, 0) is 60.7 Å². The molecule has 4 aromatic rings. The van der Waals surface area contributed by atoms with Gasteiger partial charge < -0.3 is 10.1 Å². The summed E-state index contributed by atoms with van der Waals surface area (Å²) in [6.45, 7) is 0. The highest BCUT2D eigenvalue weighted by atomic mass is 35.5. The van der Waals surface area contributed by atoms with Gasteiger partial charge in [0.1, 0.15) is 10.8 Å². The van der Waals surface area contributed by atoms with Crippen molar-refractivity contribution >= 4 is 40.6 Å². The number of methoxy groups -OCH3 is 1. The van der Waals surface area contributed by atoms with Crippen LogP contribution < -0.4 is 10.1 Å². The third-order valence-electron chi connectivity index (χ3n) is 4.07. The molecular weight excluding hydrogens is 410 g/mol.